The molecule has 1 aliphatic heterocycles. The smallest absolute Gasteiger partial charge is 0.0705 e. The minimum Gasteiger partial charge on any atom is -0.306 e. The van der Waals surface area contributed by atoms with Crippen molar-refractivity contribution in [2.45, 2.75) is 18.8 Å². The highest BCUT2D eigenvalue weighted by atomic mass is 35.5. The van der Waals surface area contributed by atoms with Crippen LogP contribution < -0.4 is 0 Å². The van der Waals surface area contributed by atoms with E-state index in [2.05, 4.69) is 36.2 Å². The molecule has 20 heavy (non-hydrogen) atoms. The lowest BCUT2D eigenvalue weighted by atomic mass is 9.94. The molecule has 0 bridgehead atoms. The van der Waals surface area contributed by atoms with Gasteiger partial charge in [0.1, 0.15) is 0 Å². The van der Waals surface area contributed by atoms with Crippen LogP contribution in [0.15, 0.2) is 42.5 Å². The predicted molar refractivity (Wildman–Crippen MR) is 84.2 cm³/mol. The number of piperidine rings is 1. The first-order chi connectivity index (χ1) is 9.72. The van der Waals surface area contributed by atoms with E-state index in [0.29, 0.717) is 5.92 Å². The first-order valence-electron chi connectivity index (χ1n) is 7.14. The van der Waals surface area contributed by atoms with E-state index >= 15 is 0 Å². The van der Waals surface area contributed by atoms with Gasteiger partial charge in [-0.3, -0.25) is 4.98 Å². The fourth-order valence-electron chi connectivity index (χ4n) is 2.90. The van der Waals surface area contributed by atoms with Crippen LogP contribution in [-0.4, -0.2) is 30.0 Å². The van der Waals surface area contributed by atoms with Crippen LogP contribution in [0.5, 0.6) is 0 Å². The van der Waals surface area contributed by atoms with Crippen molar-refractivity contribution in [2.24, 2.45) is 0 Å². The fourth-order valence-corrected chi connectivity index (χ4v) is 3.09. The van der Waals surface area contributed by atoms with Crippen LogP contribution in [0, 0.1) is 0 Å². The molecule has 1 aliphatic rings. The lowest BCUT2D eigenvalue weighted by Crippen LogP contribution is -2.31. The zero-order chi connectivity index (χ0) is 13.9. The third-order valence-electron chi connectivity index (χ3n) is 3.93. The van der Waals surface area contributed by atoms with Gasteiger partial charge in [-0.05, 0) is 50.7 Å². The average molecular weight is 287 g/mol. The topological polar surface area (TPSA) is 16.1 Å². The van der Waals surface area contributed by atoms with E-state index < -0.39 is 0 Å². The molecule has 0 N–H and O–H groups in total. The summed E-state index contributed by atoms with van der Waals surface area (Å²) in [7, 11) is 2.19. The van der Waals surface area contributed by atoms with Gasteiger partial charge in [-0.25, -0.2) is 0 Å². The van der Waals surface area contributed by atoms with Gasteiger partial charge in [0, 0.05) is 28.7 Å². The number of hydrogen-bond donors (Lipinski definition) is 0. The van der Waals surface area contributed by atoms with E-state index in [1.165, 1.54) is 25.1 Å². The molecule has 0 unspecified atom stereocenters. The van der Waals surface area contributed by atoms with Crippen molar-refractivity contribution in [1.29, 1.82) is 0 Å². The van der Waals surface area contributed by atoms with E-state index in [0.717, 1.165) is 22.8 Å². The second kappa shape index (κ2) is 5.94. The van der Waals surface area contributed by atoms with E-state index in [1.807, 2.05) is 18.2 Å². The van der Waals surface area contributed by atoms with Crippen LogP contribution in [0.3, 0.4) is 0 Å². The zero-order valence-electron chi connectivity index (χ0n) is 11.7. The summed E-state index contributed by atoms with van der Waals surface area (Å²) in [5, 5.41) is 0.757. The molecule has 2 heterocycles. The van der Waals surface area contributed by atoms with E-state index in [9.17, 15) is 0 Å². The third kappa shape index (κ3) is 3.02. The summed E-state index contributed by atoms with van der Waals surface area (Å²) in [4.78, 5) is 7.25. The molecule has 3 rings (SSSR count). The van der Waals surface area contributed by atoms with Crippen molar-refractivity contribution in [3.05, 3.63) is 53.2 Å². The monoisotopic (exact) mass is 286 g/mol. The number of likely N-dealkylation sites (N-methyl/N-ethyl adjacent to an activating group) is 1. The number of nitrogens with zero attached hydrogens (tertiary/aromatic N) is 2. The van der Waals surface area contributed by atoms with Gasteiger partial charge in [0.25, 0.3) is 0 Å². The maximum Gasteiger partial charge on any atom is 0.0705 e. The van der Waals surface area contributed by atoms with Crippen molar-refractivity contribution in [3.63, 3.8) is 0 Å². The molecule has 1 aromatic carbocycles. The average Bonchev–Trinajstić information content (AvgIpc) is 2.47. The minimum absolute atomic E-state index is 0.549. The molecule has 0 aliphatic carbocycles. The lowest BCUT2D eigenvalue weighted by molar-refractivity contribution is 0.248. The number of aromatic nitrogens is 1. The van der Waals surface area contributed by atoms with Crippen molar-refractivity contribution in [3.8, 4) is 11.3 Å². The Balaban J connectivity index is 1.89. The van der Waals surface area contributed by atoms with Crippen molar-refractivity contribution in [2.75, 3.05) is 20.1 Å². The molecule has 1 saturated heterocycles. The van der Waals surface area contributed by atoms with Crippen LogP contribution in [0.4, 0.5) is 0 Å². The molecule has 1 atom stereocenters. The van der Waals surface area contributed by atoms with Gasteiger partial charge < -0.3 is 4.90 Å². The van der Waals surface area contributed by atoms with Gasteiger partial charge in [0.2, 0.25) is 0 Å². The van der Waals surface area contributed by atoms with E-state index in [4.69, 9.17) is 16.6 Å². The van der Waals surface area contributed by atoms with Gasteiger partial charge in [-0.1, -0.05) is 29.8 Å². The summed E-state index contributed by atoms with van der Waals surface area (Å²) < 4.78 is 0. The molecule has 2 nitrogen and oxygen atoms in total. The normalized spacial score (nSPS) is 20.0. The molecular weight excluding hydrogens is 268 g/mol. The maximum absolute atomic E-state index is 6.07. The Bertz CT molecular complexity index is 597. The van der Waals surface area contributed by atoms with Crippen LogP contribution in [0.1, 0.15) is 24.5 Å². The Morgan fingerprint density at radius 3 is 2.85 bits per heavy atom. The second-order valence-electron chi connectivity index (χ2n) is 5.56. The summed E-state index contributed by atoms with van der Waals surface area (Å²) in [6.45, 7) is 2.30. The van der Waals surface area contributed by atoms with Gasteiger partial charge in [0.05, 0.1) is 5.69 Å². The molecule has 0 amide bonds. The Kier molecular flexibility index (Phi) is 4.04. The quantitative estimate of drug-likeness (QED) is 0.822. The van der Waals surface area contributed by atoms with Crippen molar-refractivity contribution < 1.29 is 0 Å². The second-order valence-corrected chi connectivity index (χ2v) is 6.00. The summed E-state index contributed by atoms with van der Waals surface area (Å²) in [5.41, 5.74) is 3.30. The third-order valence-corrected chi connectivity index (χ3v) is 4.17. The highest BCUT2D eigenvalue weighted by Crippen LogP contribution is 2.27. The van der Waals surface area contributed by atoms with Crippen LogP contribution >= 0.6 is 11.6 Å². The van der Waals surface area contributed by atoms with Crippen LogP contribution in [-0.2, 0) is 0 Å². The Morgan fingerprint density at radius 2 is 2.05 bits per heavy atom. The molecule has 3 heteroatoms. The minimum atomic E-state index is 0.549. The van der Waals surface area contributed by atoms with E-state index in [1.54, 1.807) is 0 Å². The van der Waals surface area contributed by atoms with Gasteiger partial charge >= 0.3 is 0 Å². The maximum atomic E-state index is 6.07. The Labute approximate surface area is 125 Å². The molecule has 1 fully saturated rings. The fraction of sp³-hybridized carbons (Fsp3) is 0.353. The number of rotatable bonds is 2. The number of hydrogen-bond acceptors (Lipinski definition) is 2. The summed E-state index contributed by atoms with van der Waals surface area (Å²) in [6.07, 6.45) is 2.49. The summed E-state index contributed by atoms with van der Waals surface area (Å²) in [6, 6.07) is 14.2. The number of pyridine rings is 1. The zero-order valence-corrected chi connectivity index (χ0v) is 12.5. The molecular formula is C17H19ClN2. The molecule has 0 spiro atoms. The lowest BCUT2D eigenvalue weighted by Gasteiger charge is -2.29. The van der Waals surface area contributed by atoms with Crippen molar-refractivity contribution >= 4 is 11.6 Å². The predicted octanol–water partition coefficient (Wildman–Crippen LogP) is 4.21. The van der Waals surface area contributed by atoms with Gasteiger partial charge in [0.15, 0.2) is 0 Å². The van der Waals surface area contributed by atoms with Crippen molar-refractivity contribution in [1.82, 2.24) is 9.88 Å². The number of halogens is 1. The number of benzene rings is 1. The first kappa shape index (κ1) is 13.6. The SMILES string of the molecule is CN1CCC[C@H](c2cccc(-c3cccc(Cl)c3)n2)C1. The van der Waals surface area contributed by atoms with Gasteiger partial charge in [-0.2, -0.15) is 0 Å². The number of likely N-dealkylation sites (tertiary alicyclic amines) is 1. The summed E-state index contributed by atoms with van der Waals surface area (Å²) >= 11 is 6.07. The molecule has 0 saturated carbocycles. The highest BCUT2D eigenvalue weighted by Gasteiger charge is 2.20. The molecule has 1 aromatic heterocycles. The largest absolute Gasteiger partial charge is 0.306 e. The first-order valence-corrected chi connectivity index (χ1v) is 7.51. The van der Waals surface area contributed by atoms with Crippen LogP contribution in [0.2, 0.25) is 5.02 Å². The van der Waals surface area contributed by atoms with E-state index in [-0.39, 0.29) is 0 Å². The Morgan fingerprint density at radius 1 is 1.20 bits per heavy atom. The standard InChI is InChI=1S/C17H19ClN2/c1-20-10-4-6-14(12-20)17-9-3-8-16(19-17)13-5-2-7-15(18)11-13/h2-3,5,7-9,11,14H,4,6,10,12H2,1H3/t14-/m0/s1. The van der Waals surface area contributed by atoms with Gasteiger partial charge in [-0.15, -0.1) is 0 Å². The molecule has 0 radical (unpaired) electrons. The molecule has 2 aromatic rings. The highest BCUT2D eigenvalue weighted by molar-refractivity contribution is 6.30. The van der Waals surface area contributed by atoms with Crippen LogP contribution in [0.25, 0.3) is 11.3 Å². The molecule has 104 valence electrons. The Hall–Kier alpha value is -1.38. The summed E-state index contributed by atoms with van der Waals surface area (Å²) in [5.74, 6) is 0.549.